The number of rotatable bonds is 13. The molecule has 1 atom stereocenters. The Bertz CT molecular complexity index is 524. The van der Waals surface area contributed by atoms with Gasteiger partial charge in [-0.25, -0.2) is 0 Å². The molecule has 0 bridgehead atoms. The zero-order valence-corrected chi connectivity index (χ0v) is 16.3. The maximum absolute atomic E-state index is 11.8. The quantitative estimate of drug-likeness (QED) is 0.278. The molecule has 0 radical (unpaired) electrons. The molecule has 0 spiro atoms. The second kappa shape index (κ2) is 13.2. The Labute approximate surface area is 157 Å². The first-order valence-electron chi connectivity index (χ1n) is 9.59. The van der Waals surface area contributed by atoms with Crippen molar-refractivity contribution >= 4 is 11.9 Å². The predicted octanol–water partition coefficient (Wildman–Crippen LogP) is 5.06. The fraction of sp³-hybridized carbons (Fsp3) is 0.619. The second-order valence-corrected chi connectivity index (χ2v) is 6.51. The van der Waals surface area contributed by atoms with Crippen LogP contribution in [-0.4, -0.2) is 25.2 Å². The number of carbonyl (C=O) groups excluding carboxylic acids is 2. The van der Waals surface area contributed by atoms with E-state index in [4.69, 9.17) is 14.2 Å². The van der Waals surface area contributed by atoms with Crippen molar-refractivity contribution in [2.24, 2.45) is 0 Å². The van der Waals surface area contributed by atoms with Crippen molar-refractivity contribution in [1.82, 2.24) is 0 Å². The van der Waals surface area contributed by atoms with E-state index in [1.54, 1.807) is 31.4 Å². The van der Waals surface area contributed by atoms with Gasteiger partial charge in [-0.15, -0.1) is 0 Å². The summed E-state index contributed by atoms with van der Waals surface area (Å²) in [5.41, 5.74) is 0. The van der Waals surface area contributed by atoms with E-state index in [1.807, 2.05) is 6.92 Å². The summed E-state index contributed by atoms with van der Waals surface area (Å²) in [6.07, 6.45) is 8.11. The molecule has 0 N–H and O–H groups in total. The van der Waals surface area contributed by atoms with Gasteiger partial charge < -0.3 is 14.2 Å². The van der Waals surface area contributed by atoms with Crippen molar-refractivity contribution in [3.8, 4) is 11.5 Å². The molecule has 0 aliphatic carbocycles. The Morgan fingerprint density at radius 2 is 1.46 bits per heavy atom. The average molecular weight is 364 g/mol. The molecule has 0 saturated heterocycles. The Morgan fingerprint density at radius 3 is 2.12 bits per heavy atom. The summed E-state index contributed by atoms with van der Waals surface area (Å²) in [5, 5.41) is 0. The molecule has 0 aliphatic rings. The molecule has 0 heterocycles. The topological polar surface area (TPSA) is 61.8 Å². The summed E-state index contributed by atoms with van der Waals surface area (Å²) in [6, 6.07) is 6.72. The van der Waals surface area contributed by atoms with Gasteiger partial charge >= 0.3 is 11.9 Å². The average Bonchev–Trinajstić information content (AvgIpc) is 2.63. The highest BCUT2D eigenvalue weighted by molar-refractivity contribution is 5.79. The molecule has 0 fully saturated rings. The predicted molar refractivity (Wildman–Crippen MR) is 101 cm³/mol. The lowest BCUT2D eigenvalue weighted by molar-refractivity contribution is -0.151. The Kier molecular flexibility index (Phi) is 11.2. The lowest BCUT2D eigenvalue weighted by atomic mass is 10.1. The highest BCUT2D eigenvalue weighted by Gasteiger charge is 2.13. The van der Waals surface area contributed by atoms with Crippen molar-refractivity contribution in [2.45, 2.75) is 77.7 Å². The minimum absolute atomic E-state index is 0.00853. The summed E-state index contributed by atoms with van der Waals surface area (Å²) >= 11 is 0. The van der Waals surface area contributed by atoms with Crippen LogP contribution in [0.4, 0.5) is 0 Å². The maximum Gasteiger partial charge on any atom is 0.311 e. The number of hydrogen-bond acceptors (Lipinski definition) is 5. The van der Waals surface area contributed by atoms with E-state index in [9.17, 15) is 9.59 Å². The van der Waals surface area contributed by atoms with Gasteiger partial charge in [0.05, 0.1) is 26.1 Å². The molecular weight excluding hydrogens is 332 g/mol. The number of ether oxygens (including phenoxy) is 3. The zero-order valence-electron chi connectivity index (χ0n) is 16.3. The molecule has 1 unspecified atom stereocenters. The minimum Gasteiger partial charge on any atom is -0.497 e. The third-order valence-corrected chi connectivity index (χ3v) is 4.12. The molecule has 1 rings (SSSR count). The first-order valence-corrected chi connectivity index (χ1v) is 9.59. The van der Waals surface area contributed by atoms with E-state index in [2.05, 4.69) is 6.92 Å². The van der Waals surface area contributed by atoms with Crippen LogP contribution in [0.25, 0.3) is 0 Å². The van der Waals surface area contributed by atoms with E-state index >= 15 is 0 Å². The second-order valence-electron chi connectivity index (χ2n) is 6.51. The molecule has 1 aromatic carbocycles. The van der Waals surface area contributed by atoms with Gasteiger partial charge in [-0.2, -0.15) is 0 Å². The summed E-state index contributed by atoms with van der Waals surface area (Å²) in [4.78, 5) is 23.6. The van der Waals surface area contributed by atoms with Crippen molar-refractivity contribution in [2.75, 3.05) is 7.11 Å². The van der Waals surface area contributed by atoms with Crippen molar-refractivity contribution in [3.05, 3.63) is 24.3 Å². The molecule has 146 valence electrons. The largest absolute Gasteiger partial charge is 0.497 e. The first kappa shape index (κ1) is 22.0. The summed E-state index contributed by atoms with van der Waals surface area (Å²) < 4.78 is 15.6. The van der Waals surface area contributed by atoms with Gasteiger partial charge in [0, 0.05) is 0 Å². The van der Waals surface area contributed by atoms with Crippen molar-refractivity contribution < 1.29 is 23.8 Å². The number of esters is 2. The zero-order chi connectivity index (χ0) is 19.2. The van der Waals surface area contributed by atoms with Crippen LogP contribution in [0, 0.1) is 0 Å². The molecule has 26 heavy (non-hydrogen) atoms. The molecule has 0 amide bonds. The highest BCUT2D eigenvalue weighted by Crippen LogP contribution is 2.17. The Morgan fingerprint density at radius 1 is 0.885 bits per heavy atom. The lowest BCUT2D eigenvalue weighted by Crippen LogP contribution is -2.17. The van der Waals surface area contributed by atoms with Crippen LogP contribution in [0.5, 0.6) is 11.5 Å². The highest BCUT2D eigenvalue weighted by atomic mass is 16.5. The standard InChI is InChI=1S/C21H32O5/c1-4-5-6-7-8-9-10-17(2)25-20(22)15-16-21(23)26-19-13-11-18(24-3)12-14-19/h11-14,17H,4-10,15-16H2,1-3H3. The van der Waals surface area contributed by atoms with Crippen LogP contribution in [0.15, 0.2) is 24.3 Å². The van der Waals surface area contributed by atoms with Gasteiger partial charge in [-0.3, -0.25) is 9.59 Å². The van der Waals surface area contributed by atoms with Crippen molar-refractivity contribution in [3.63, 3.8) is 0 Å². The molecular formula is C21H32O5. The first-order chi connectivity index (χ1) is 12.5. The van der Waals surface area contributed by atoms with Gasteiger partial charge in [0.15, 0.2) is 0 Å². The number of hydrogen-bond donors (Lipinski definition) is 0. The number of methoxy groups -OCH3 is 1. The molecule has 1 aromatic rings. The fourth-order valence-electron chi connectivity index (χ4n) is 2.58. The molecule has 0 saturated carbocycles. The lowest BCUT2D eigenvalue weighted by Gasteiger charge is -2.13. The van der Waals surface area contributed by atoms with E-state index in [0.717, 1.165) is 12.8 Å². The van der Waals surface area contributed by atoms with Crippen LogP contribution < -0.4 is 9.47 Å². The van der Waals surface area contributed by atoms with Crippen LogP contribution in [0.2, 0.25) is 0 Å². The van der Waals surface area contributed by atoms with Gasteiger partial charge in [0.1, 0.15) is 11.5 Å². The summed E-state index contributed by atoms with van der Waals surface area (Å²) in [5.74, 6) is 0.319. The third kappa shape index (κ3) is 10.1. The molecule has 0 aromatic heterocycles. The van der Waals surface area contributed by atoms with Crippen molar-refractivity contribution in [1.29, 1.82) is 0 Å². The summed E-state index contributed by atoms with van der Waals surface area (Å²) in [7, 11) is 1.57. The minimum atomic E-state index is -0.448. The molecule has 5 heteroatoms. The number of benzene rings is 1. The maximum atomic E-state index is 11.8. The van der Waals surface area contributed by atoms with Gasteiger partial charge in [-0.1, -0.05) is 39.0 Å². The van der Waals surface area contributed by atoms with Crippen LogP contribution >= 0.6 is 0 Å². The summed E-state index contributed by atoms with van der Waals surface area (Å²) in [6.45, 7) is 4.11. The number of unbranched alkanes of at least 4 members (excludes halogenated alkanes) is 5. The van der Waals surface area contributed by atoms with Crippen LogP contribution in [0.3, 0.4) is 0 Å². The number of carbonyl (C=O) groups is 2. The van der Waals surface area contributed by atoms with Gasteiger partial charge in [0.25, 0.3) is 0 Å². The van der Waals surface area contributed by atoms with Gasteiger partial charge in [-0.05, 0) is 44.0 Å². The SMILES string of the molecule is CCCCCCCCC(C)OC(=O)CCC(=O)Oc1ccc(OC)cc1. The monoisotopic (exact) mass is 364 g/mol. The molecule has 0 aliphatic heterocycles. The Balaban J connectivity index is 2.14. The fourth-order valence-corrected chi connectivity index (χ4v) is 2.58. The van der Waals surface area contributed by atoms with E-state index in [-0.39, 0.29) is 24.9 Å². The van der Waals surface area contributed by atoms with E-state index in [0.29, 0.717) is 11.5 Å². The van der Waals surface area contributed by atoms with Crippen LogP contribution in [0.1, 0.15) is 71.6 Å². The van der Waals surface area contributed by atoms with Crippen LogP contribution in [-0.2, 0) is 14.3 Å². The van der Waals surface area contributed by atoms with Gasteiger partial charge in [0.2, 0.25) is 0 Å². The normalized spacial score (nSPS) is 11.7. The smallest absolute Gasteiger partial charge is 0.311 e. The molecule has 5 nitrogen and oxygen atoms in total. The van der Waals surface area contributed by atoms with E-state index < -0.39 is 5.97 Å². The Hall–Kier alpha value is -2.04. The van der Waals surface area contributed by atoms with E-state index in [1.165, 1.54) is 32.1 Å². The third-order valence-electron chi connectivity index (χ3n) is 4.12.